The number of anilines is 1. The summed E-state index contributed by atoms with van der Waals surface area (Å²) in [6.45, 7) is 0.911. The van der Waals surface area contributed by atoms with E-state index in [1.807, 2.05) is 54.6 Å². The minimum Gasteiger partial charge on any atom is -0.341 e. The third kappa shape index (κ3) is 3.40. The van der Waals surface area contributed by atoms with E-state index in [1.165, 1.54) is 0 Å². The highest BCUT2D eigenvalue weighted by Crippen LogP contribution is 2.32. The van der Waals surface area contributed by atoms with Crippen LogP contribution in [0.25, 0.3) is 10.8 Å². The molecule has 27 heavy (non-hydrogen) atoms. The van der Waals surface area contributed by atoms with Crippen molar-refractivity contribution in [2.45, 2.75) is 13.0 Å². The first-order valence-electron chi connectivity index (χ1n) is 9.05. The molecule has 2 aromatic carbocycles. The van der Waals surface area contributed by atoms with Crippen LogP contribution < -0.4 is 4.90 Å². The minimum absolute atomic E-state index is 0.000481. The second-order valence-electron chi connectivity index (χ2n) is 6.96. The maximum atomic E-state index is 12.9. The van der Waals surface area contributed by atoms with Crippen molar-refractivity contribution in [2.75, 3.05) is 18.5 Å². The van der Waals surface area contributed by atoms with E-state index in [1.54, 1.807) is 29.2 Å². The van der Waals surface area contributed by atoms with E-state index in [-0.39, 0.29) is 24.2 Å². The topological polar surface area (TPSA) is 53.5 Å². The van der Waals surface area contributed by atoms with Crippen molar-refractivity contribution in [3.63, 3.8) is 0 Å². The zero-order chi connectivity index (χ0) is 18.8. The third-order valence-electron chi connectivity index (χ3n) is 5.05. The predicted molar refractivity (Wildman–Crippen MR) is 105 cm³/mol. The van der Waals surface area contributed by atoms with Crippen LogP contribution in [-0.4, -0.2) is 35.3 Å². The van der Waals surface area contributed by atoms with Crippen LogP contribution in [0.4, 0.5) is 5.69 Å². The summed E-state index contributed by atoms with van der Waals surface area (Å²) in [6.07, 6.45) is 3.72. The Hall–Kier alpha value is -3.21. The van der Waals surface area contributed by atoms with Crippen molar-refractivity contribution >= 4 is 28.3 Å². The molecule has 136 valence electrons. The van der Waals surface area contributed by atoms with Gasteiger partial charge in [0.05, 0.1) is 11.6 Å². The van der Waals surface area contributed by atoms with Crippen LogP contribution in [0.5, 0.6) is 0 Å². The number of carbonyl (C=O) groups excluding carboxylic acids is 2. The van der Waals surface area contributed by atoms with E-state index >= 15 is 0 Å². The van der Waals surface area contributed by atoms with Gasteiger partial charge in [0.1, 0.15) is 0 Å². The highest BCUT2D eigenvalue weighted by atomic mass is 16.2. The molecule has 5 heteroatoms. The van der Waals surface area contributed by atoms with Crippen LogP contribution in [-0.2, 0) is 16.1 Å². The number of carbonyl (C=O) groups is 2. The van der Waals surface area contributed by atoms with Crippen molar-refractivity contribution < 1.29 is 9.59 Å². The monoisotopic (exact) mass is 359 g/mol. The number of fused-ring (bicyclic) bond motifs is 1. The molecule has 0 N–H and O–H groups in total. The maximum absolute atomic E-state index is 12.9. The second-order valence-corrected chi connectivity index (χ2v) is 6.96. The summed E-state index contributed by atoms with van der Waals surface area (Å²) in [7, 11) is 1.78. The molecular weight excluding hydrogens is 338 g/mol. The molecule has 0 radical (unpaired) electrons. The van der Waals surface area contributed by atoms with Gasteiger partial charge in [-0.05, 0) is 23.1 Å². The van der Waals surface area contributed by atoms with Gasteiger partial charge in [-0.15, -0.1) is 0 Å². The largest absolute Gasteiger partial charge is 0.341 e. The maximum Gasteiger partial charge on any atom is 0.228 e. The molecule has 2 heterocycles. The van der Waals surface area contributed by atoms with Crippen molar-refractivity contribution in [2.24, 2.45) is 5.92 Å². The van der Waals surface area contributed by atoms with Crippen LogP contribution >= 0.6 is 0 Å². The zero-order valence-electron chi connectivity index (χ0n) is 15.2. The summed E-state index contributed by atoms with van der Waals surface area (Å²) in [5.74, 6) is -0.326. The molecule has 4 rings (SSSR count). The van der Waals surface area contributed by atoms with E-state index in [4.69, 9.17) is 0 Å². The number of nitrogens with zero attached hydrogens (tertiary/aromatic N) is 3. The minimum atomic E-state index is -0.321. The lowest BCUT2D eigenvalue weighted by Crippen LogP contribution is -2.34. The van der Waals surface area contributed by atoms with Gasteiger partial charge >= 0.3 is 0 Å². The van der Waals surface area contributed by atoms with Gasteiger partial charge < -0.3 is 9.80 Å². The lowest BCUT2D eigenvalue weighted by molar-refractivity contribution is -0.135. The molecule has 0 saturated carbocycles. The van der Waals surface area contributed by atoms with E-state index < -0.39 is 0 Å². The molecule has 1 saturated heterocycles. The van der Waals surface area contributed by atoms with Crippen molar-refractivity contribution in [3.8, 4) is 0 Å². The normalized spacial score (nSPS) is 16.7. The molecule has 1 aromatic heterocycles. The number of hydrogen-bond donors (Lipinski definition) is 0. The standard InChI is InChI=1S/C22H21N3O2/c1-24(14-16-6-5-11-23-13-16)22(27)18-12-21(26)25(15-18)20-10-4-8-17-7-2-3-9-19(17)20/h2-11,13,18H,12,14-15H2,1H3. The second kappa shape index (κ2) is 7.19. The van der Waals surface area contributed by atoms with Gasteiger partial charge in [-0.25, -0.2) is 0 Å². The number of amides is 2. The molecule has 1 aliphatic rings. The summed E-state index contributed by atoms with van der Waals surface area (Å²) < 4.78 is 0. The van der Waals surface area contributed by atoms with E-state index in [0.29, 0.717) is 13.1 Å². The van der Waals surface area contributed by atoms with Gasteiger partial charge in [0.15, 0.2) is 0 Å². The number of hydrogen-bond acceptors (Lipinski definition) is 3. The Morgan fingerprint density at radius 3 is 2.78 bits per heavy atom. The fourth-order valence-electron chi connectivity index (χ4n) is 3.70. The van der Waals surface area contributed by atoms with Gasteiger partial charge in [0.2, 0.25) is 11.8 Å². The van der Waals surface area contributed by atoms with Crippen LogP contribution in [0, 0.1) is 5.92 Å². The van der Waals surface area contributed by atoms with Crippen LogP contribution in [0.2, 0.25) is 0 Å². The number of pyridine rings is 1. The quantitative estimate of drug-likeness (QED) is 0.719. The predicted octanol–water partition coefficient (Wildman–Crippen LogP) is 3.25. The highest BCUT2D eigenvalue weighted by Gasteiger charge is 2.36. The Morgan fingerprint density at radius 1 is 1.15 bits per heavy atom. The molecule has 3 aromatic rings. The fraction of sp³-hybridized carbons (Fsp3) is 0.227. The Morgan fingerprint density at radius 2 is 1.96 bits per heavy atom. The average Bonchev–Trinajstić information content (AvgIpc) is 3.09. The molecule has 1 aliphatic heterocycles. The summed E-state index contributed by atoms with van der Waals surface area (Å²) in [4.78, 5) is 33.0. The van der Waals surface area contributed by atoms with E-state index in [0.717, 1.165) is 22.0 Å². The Balaban J connectivity index is 1.52. The summed E-state index contributed by atoms with van der Waals surface area (Å²) >= 11 is 0. The number of benzene rings is 2. The molecule has 2 amide bonds. The molecule has 5 nitrogen and oxygen atoms in total. The van der Waals surface area contributed by atoms with Crippen molar-refractivity contribution in [3.05, 3.63) is 72.6 Å². The average molecular weight is 359 g/mol. The summed E-state index contributed by atoms with van der Waals surface area (Å²) in [6, 6.07) is 17.7. The van der Waals surface area contributed by atoms with Gasteiger partial charge in [-0.2, -0.15) is 0 Å². The first-order chi connectivity index (χ1) is 13.1. The molecular formula is C22H21N3O2. The zero-order valence-corrected chi connectivity index (χ0v) is 15.2. The Bertz CT molecular complexity index is 982. The van der Waals surface area contributed by atoms with E-state index in [2.05, 4.69) is 4.98 Å². The van der Waals surface area contributed by atoms with Gasteiger partial charge in [-0.3, -0.25) is 14.6 Å². The molecule has 0 spiro atoms. The molecule has 0 aliphatic carbocycles. The molecule has 0 bridgehead atoms. The van der Waals surface area contributed by atoms with E-state index in [9.17, 15) is 9.59 Å². The molecule has 1 atom stereocenters. The number of rotatable bonds is 4. The summed E-state index contributed by atoms with van der Waals surface area (Å²) in [5, 5.41) is 2.12. The smallest absolute Gasteiger partial charge is 0.228 e. The lowest BCUT2D eigenvalue weighted by atomic mass is 10.1. The third-order valence-corrected chi connectivity index (χ3v) is 5.05. The number of aromatic nitrogens is 1. The SMILES string of the molecule is CN(Cc1cccnc1)C(=O)C1CC(=O)N(c2cccc3ccccc23)C1. The molecule has 1 fully saturated rings. The highest BCUT2D eigenvalue weighted by molar-refractivity contribution is 6.06. The van der Waals surface area contributed by atoms with Crippen LogP contribution in [0.3, 0.4) is 0 Å². The fourth-order valence-corrected chi connectivity index (χ4v) is 3.70. The van der Waals surface area contributed by atoms with Crippen LogP contribution in [0.1, 0.15) is 12.0 Å². The first-order valence-corrected chi connectivity index (χ1v) is 9.05. The first kappa shape index (κ1) is 17.2. The van der Waals surface area contributed by atoms with Gasteiger partial charge in [0, 0.05) is 44.3 Å². The van der Waals surface area contributed by atoms with Crippen molar-refractivity contribution in [1.82, 2.24) is 9.88 Å². The van der Waals surface area contributed by atoms with Crippen molar-refractivity contribution in [1.29, 1.82) is 0 Å². The van der Waals surface area contributed by atoms with Crippen LogP contribution in [0.15, 0.2) is 67.0 Å². The molecule has 1 unspecified atom stereocenters. The summed E-state index contributed by atoms with van der Waals surface area (Å²) in [5.41, 5.74) is 1.85. The van der Waals surface area contributed by atoms with Gasteiger partial charge in [-0.1, -0.05) is 42.5 Å². The Labute approximate surface area is 158 Å². The Kier molecular flexibility index (Phi) is 4.59. The lowest BCUT2D eigenvalue weighted by Gasteiger charge is -2.22. The van der Waals surface area contributed by atoms with Gasteiger partial charge in [0.25, 0.3) is 0 Å².